The average Bonchev–Trinajstić information content (AvgIpc) is 3.06. The Labute approximate surface area is 173 Å². The quantitative estimate of drug-likeness (QED) is 0.519. The Kier molecular flexibility index (Phi) is 6.13. The Morgan fingerprint density at radius 1 is 1.31 bits per heavy atom. The van der Waals surface area contributed by atoms with Crippen molar-refractivity contribution in [3.8, 4) is 5.75 Å². The fraction of sp³-hybridized carbons (Fsp3) is 0.636. The van der Waals surface area contributed by atoms with Gasteiger partial charge in [0.1, 0.15) is 12.0 Å². The first-order chi connectivity index (χ1) is 13.9. The number of hydrogen-bond acceptors (Lipinski definition) is 7. The first-order valence-corrected chi connectivity index (χ1v) is 10.8. The number of nitrogens with zero attached hydrogens (tertiary/aromatic N) is 1. The Morgan fingerprint density at radius 3 is 2.93 bits per heavy atom. The van der Waals surface area contributed by atoms with Gasteiger partial charge in [0, 0.05) is 48.8 Å². The van der Waals surface area contributed by atoms with Gasteiger partial charge in [-0.2, -0.15) is 0 Å². The van der Waals surface area contributed by atoms with E-state index in [2.05, 4.69) is 52.2 Å². The van der Waals surface area contributed by atoms with Gasteiger partial charge in [0.05, 0.1) is 18.9 Å². The minimum atomic E-state index is -0.360. The third-order valence-electron chi connectivity index (χ3n) is 6.24. The Morgan fingerprint density at radius 2 is 2.14 bits per heavy atom. The number of rotatable bonds is 4. The van der Waals surface area contributed by atoms with Crippen LogP contribution in [-0.2, 0) is 6.42 Å². The van der Waals surface area contributed by atoms with E-state index in [9.17, 15) is 5.11 Å². The number of anilines is 1. The largest absolute Gasteiger partial charge is 0.492 e. The van der Waals surface area contributed by atoms with E-state index in [4.69, 9.17) is 4.74 Å². The van der Waals surface area contributed by atoms with Crippen molar-refractivity contribution < 1.29 is 9.84 Å². The lowest BCUT2D eigenvalue weighted by molar-refractivity contribution is 0.139. The van der Waals surface area contributed by atoms with Crippen molar-refractivity contribution in [3.05, 3.63) is 28.8 Å². The minimum Gasteiger partial charge on any atom is -0.492 e. The van der Waals surface area contributed by atoms with E-state index >= 15 is 0 Å². The molecule has 7 heteroatoms. The van der Waals surface area contributed by atoms with Crippen molar-refractivity contribution >= 4 is 11.3 Å². The van der Waals surface area contributed by atoms with E-state index < -0.39 is 0 Å². The van der Waals surface area contributed by atoms with Crippen LogP contribution in [0.5, 0.6) is 5.75 Å². The highest BCUT2D eigenvalue weighted by molar-refractivity contribution is 5.80. The molecule has 0 bridgehead atoms. The van der Waals surface area contributed by atoms with E-state index in [1.807, 2.05) is 14.1 Å². The molecule has 160 valence electrons. The fourth-order valence-corrected chi connectivity index (χ4v) is 4.73. The van der Waals surface area contributed by atoms with Crippen LogP contribution in [-0.4, -0.2) is 68.4 Å². The molecule has 4 rings (SSSR count). The summed E-state index contributed by atoms with van der Waals surface area (Å²) in [5, 5.41) is 24.6. The summed E-state index contributed by atoms with van der Waals surface area (Å²) in [5.74, 6) is 1.00. The lowest BCUT2D eigenvalue weighted by atomic mass is 9.91. The highest BCUT2D eigenvalue weighted by Gasteiger charge is 2.28. The monoisotopic (exact) mass is 401 g/mol. The molecule has 0 spiro atoms. The molecule has 4 atom stereocenters. The molecule has 1 aromatic carbocycles. The number of hydrogen-bond donors (Lipinski definition) is 5. The molecular formula is C22H35N5O2. The molecule has 1 saturated heterocycles. The van der Waals surface area contributed by atoms with Crippen LogP contribution < -0.4 is 26.0 Å². The van der Waals surface area contributed by atoms with Crippen LogP contribution in [0.2, 0.25) is 0 Å². The summed E-state index contributed by atoms with van der Waals surface area (Å²) in [6.07, 6.45) is 4.77. The highest BCUT2D eigenvalue weighted by atomic mass is 16.5. The minimum absolute atomic E-state index is 0.0111. The van der Waals surface area contributed by atoms with Gasteiger partial charge in [-0.3, -0.25) is 10.6 Å². The molecule has 0 radical (unpaired) electrons. The van der Waals surface area contributed by atoms with Crippen LogP contribution in [0, 0.1) is 6.92 Å². The first kappa shape index (κ1) is 20.6. The smallest absolute Gasteiger partial charge is 0.133 e. The number of likely N-dealkylation sites (N-methyl/N-ethyl adjacent to an activating group) is 1. The maximum atomic E-state index is 10.5. The molecule has 3 unspecified atom stereocenters. The number of ether oxygens (including phenoxy) is 1. The summed E-state index contributed by atoms with van der Waals surface area (Å²) in [5.41, 5.74) is 5.89. The van der Waals surface area contributed by atoms with Gasteiger partial charge in [-0.05, 0) is 51.6 Å². The van der Waals surface area contributed by atoms with Gasteiger partial charge >= 0.3 is 0 Å². The third-order valence-corrected chi connectivity index (χ3v) is 6.24. The zero-order chi connectivity index (χ0) is 20.5. The van der Waals surface area contributed by atoms with E-state index in [0.717, 1.165) is 43.0 Å². The van der Waals surface area contributed by atoms with Gasteiger partial charge in [0.15, 0.2) is 0 Å². The number of nitrogens with one attached hydrogen (secondary N) is 4. The first-order valence-electron chi connectivity index (χ1n) is 10.8. The van der Waals surface area contributed by atoms with Crippen LogP contribution in [0.1, 0.15) is 36.5 Å². The standard InChI is InChI=1S/C22H35N5O2/c1-13-9-19(23-3)26-22(24-13)25-18-11-16-6-8-29-21(16)20(14(18)2)15-5-7-27(4)12-17(28)10-15/h5,11,13,17,19,22-26,28H,6-10,12H2,1-4H3/t13?,17-,19?,22?/m1/s1. The van der Waals surface area contributed by atoms with Crippen molar-refractivity contribution in [1.82, 2.24) is 20.9 Å². The van der Waals surface area contributed by atoms with Crippen LogP contribution in [0.15, 0.2) is 12.1 Å². The second-order valence-electron chi connectivity index (χ2n) is 8.71. The second-order valence-corrected chi connectivity index (χ2v) is 8.71. The van der Waals surface area contributed by atoms with Gasteiger partial charge < -0.3 is 25.4 Å². The maximum absolute atomic E-state index is 10.5. The molecule has 5 N–H and O–H groups in total. The van der Waals surface area contributed by atoms with Gasteiger partial charge in [0.2, 0.25) is 0 Å². The summed E-state index contributed by atoms with van der Waals surface area (Å²) in [6.45, 7) is 6.62. The summed E-state index contributed by atoms with van der Waals surface area (Å²) in [7, 11) is 4.04. The van der Waals surface area contributed by atoms with Crippen molar-refractivity contribution in [2.45, 2.75) is 57.7 Å². The Bertz CT molecular complexity index is 781. The molecule has 3 aliphatic rings. The van der Waals surface area contributed by atoms with E-state index in [1.54, 1.807) is 0 Å². The molecular weight excluding hydrogens is 366 g/mol. The van der Waals surface area contributed by atoms with Crippen LogP contribution in [0.3, 0.4) is 0 Å². The normalized spacial score (nSPS) is 30.3. The zero-order valence-corrected chi connectivity index (χ0v) is 18.0. The number of fused-ring (bicyclic) bond motifs is 1. The summed E-state index contributed by atoms with van der Waals surface area (Å²) >= 11 is 0. The molecule has 1 fully saturated rings. The molecule has 0 saturated carbocycles. The van der Waals surface area contributed by atoms with Gasteiger partial charge in [-0.25, -0.2) is 0 Å². The molecule has 1 aromatic rings. The maximum Gasteiger partial charge on any atom is 0.133 e. The van der Waals surface area contributed by atoms with E-state index in [1.165, 1.54) is 16.7 Å². The molecule has 0 amide bonds. The van der Waals surface area contributed by atoms with Crippen molar-refractivity contribution in [3.63, 3.8) is 0 Å². The lowest BCUT2D eigenvalue weighted by Crippen LogP contribution is -2.63. The van der Waals surface area contributed by atoms with E-state index in [0.29, 0.717) is 19.0 Å². The molecule has 3 aliphatic heterocycles. The summed E-state index contributed by atoms with van der Waals surface area (Å²) in [4.78, 5) is 2.16. The predicted molar refractivity (Wildman–Crippen MR) is 117 cm³/mol. The summed E-state index contributed by atoms with van der Waals surface area (Å²) < 4.78 is 6.06. The van der Waals surface area contributed by atoms with Crippen molar-refractivity contribution in [2.75, 3.05) is 39.1 Å². The van der Waals surface area contributed by atoms with Gasteiger partial charge in [-0.1, -0.05) is 6.08 Å². The molecule has 0 aliphatic carbocycles. The molecule has 29 heavy (non-hydrogen) atoms. The number of aliphatic hydroxyl groups excluding tert-OH is 1. The molecule has 3 heterocycles. The summed E-state index contributed by atoms with van der Waals surface area (Å²) in [6, 6.07) is 2.65. The van der Waals surface area contributed by atoms with Crippen molar-refractivity contribution in [2.24, 2.45) is 0 Å². The Hall–Kier alpha value is -1.64. The van der Waals surface area contributed by atoms with Gasteiger partial charge in [-0.15, -0.1) is 0 Å². The Balaban J connectivity index is 1.67. The fourth-order valence-electron chi connectivity index (χ4n) is 4.73. The third kappa shape index (κ3) is 4.44. The van der Waals surface area contributed by atoms with Crippen LogP contribution in [0.25, 0.3) is 5.57 Å². The van der Waals surface area contributed by atoms with Crippen LogP contribution >= 0.6 is 0 Å². The lowest BCUT2D eigenvalue weighted by Gasteiger charge is -2.37. The predicted octanol–water partition coefficient (Wildman–Crippen LogP) is 1.22. The second kappa shape index (κ2) is 8.62. The number of benzene rings is 1. The zero-order valence-electron chi connectivity index (χ0n) is 18.0. The molecule has 0 aromatic heterocycles. The highest BCUT2D eigenvalue weighted by Crippen LogP contribution is 2.42. The average molecular weight is 402 g/mol. The number of β-amino-alcohol motifs (C(OH)–C–C–N with tert-alkyl or cyclic N) is 1. The topological polar surface area (TPSA) is 80.8 Å². The van der Waals surface area contributed by atoms with Crippen molar-refractivity contribution in [1.29, 1.82) is 0 Å². The molecule has 7 nitrogen and oxygen atoms in total. The van der Waals surface area contributed by atoms with E-state index in [-0.39, 0.29) is 18.6 Å². The van der Waals surface area contributed by atoms with Gasteiger partial charge in [0.25, 0.3) is 0 Å². The SMILES string of the molecule is CNC1CC(C)NC(Nc2cc3c(c(C4=CCN(C)C[C@H](O)C4)c2C)OCC3)N1. The van der Waals surface area contributed by atoms with Crippen LogP contribution in [0.4, 0.5) is 5.69 Å². The number of aliphatic hydroxyl groups is 1.